The van der Waals surface area contributed by atoms with E-state index in [2.05, 4.69) is 27.7 Å². The third-order valence-electron chi connectivity index (χ3n) is 2.69. The second-order valence-electron chi connectivity index (χ2n) is 4.14. The average molecular weight is 391 g/mol. The Balaban J connectivity index is 2.78. The van der Waals surface area contributed by atoms with Crippen LogP contribution >= 0.6 is 22.6 Å². The summed E-state index contributed by atoms with van der Waals surface area (Å²) in [6.07, 6.45) is 0.315. The van der Waals surface area contributed by atoms with Crippen molar-refractivity contribution in [3.8, 4) is 0 Å². The number of hydrogen-bond acceptors (Lipinski definition) is 4. The Morgan fingerprint density at radius 1 is 1.50 bits per heavy atom. The third kappa shape index (κ3) is 5.33. The van der Waals surface area contributed by atoms with E-state index in [-0.39, 0.29) is 11.7 Å². The standard InChI is InChI=1S/C13H18IN3O3/c1-20-8-7-17(6-5-12(15)16-19)13(18)10-3-2-4-11(14)9-10/h2-4,9,19H,5-8H2,1H3,(H2,15,16). The molecule has 0 aliphatic rings. The molecule has 110 valence electrons. The van der Waals surface area contributed by atoms with Gasteiger partial charge in [-0.15, -0.1) is 0 Å². The van der Waals surface area contributed by atoms with Gasteiger partial charge in [-0.3, -0.25) is 4.79 Å². The number of amidine groups is 1. The van der Waals surface area contributed by atoms with Gasteiger partial charge in [-0.1, -0.05) is 11.2 Å². The molecule has 1 amide bonds. The first kappa shape index (κ1) is 16.7. The number of oxime groups is 1. The molecule has 6 nitrogen and oxygen atoms in total. The van der Waals surface area contributed by atoms with Crippen molar-refractivity contribution in [2.75, 3.05) is 26.8 Å². The largest absolute Gasteiger partial charge is 0.409 e. The normalized spacial score (nSPS) is 11.4. The van der Waals surface area contributed by atoms with Crippen LogP contribution in [0.25, 0.3) is 0 Å². The number of benzene rings is 1. The summed E-state index contributed by atoms with van der Waals surface area (Å²) in [4.78, 5) is 14.1. The van der Waals surface area contributed by atoms with Crippen LogP contribution in [0.1, 0.15) is 16.8 Å². The second-order valence-corrected chi connectivity index (χ2v) is 5.38. The summed E-state index contributed by atoms with van der Waals surface area (Å²) >= 11 is 2.16. The predicted molar refractivity (Wildman–Crippen MR) is 85.0 cm³/mol. The summed E-state index contributed by atoms with van der Waals surface area (Å²) in [5.41, 5.74) is 6.06. The Bertz CT molecular complexity index is 480. The number of hydrogen-bond donors (Lipinski definition) is 2. The number of carbonyl (C=O) groups is 1. The van der Waals surface area contributed by atoms with E-state index >= 15 is 0 Å². The molecule has 0 heterocycles. The molecule has 0 unspecified atom stereocenters. The van der Waals surface area contributed by atoms with Crippen molar-refractivity contribution in [3.63, 3.8) is 0 Å². The zero-order valence-electron chi connectivity index (χ0n) is 11.3. The Labute approximate surface area is 131 Å². The highest BCUT2D eigenvalue weighted by Gasteiger charge is 2.16. The molecule has 1 aromatic carbocycles. The molecule has 1 rings (SSSR count). The van der Waals surface area contributed by atoms with Crippen LogP contribution in [0, 0.1) is 3.57 Å². The molecule has 3 N–H and O–H groups in total. The number of ether oxygens (including phenoxy) is 1. The van der Waals surface area contributed by atoms with Crippen molar-refractivity contribution in [2.24, 2.45) is 10.9 Å². The van der Waals surface area contributed by atoms with Crippen LogP contribution in [0.5, 0.6) is 0 Å². The average Bonchev–Trinajstić information content (AvgIpc) is 2.46. The van der Waals surface area contributed by atoms with Gasteiger partial charge in [0.05, 0.1) is 6.61 Å². The molecule has 0 radical (unpaired) electrons. The van der Waals surface area contributed by atoms with E-state index in [4.69, 9.17) is 15.7 Å². The molecule has 0 saturated heterocycles. The second kappa shape index (κ2) is 8.75. The summed E-state index contributed by atoms with van der Waals surface area (Å²) in [6, 6.07) is 7.36. The fraction of sp³-hybridized carbons (Fsp3) is 0.385. The lowest BCUT2D eigenvalue weighted by Crippen LogP contribution is -2.36. The number of rotatable bonds is 7. The van der Waals surface area contributed by atoms with Crippen LogP contribution in [-0.4, -0.2) is 48.7 Å². The van der Waals surface area contributed by atoms with Crippen molar-refractivity contribution in [1.82, 2.24) is 4.90 Å². The Morgan fingerprint density at radius 2 is 2.25 bits per heavy atom. The summed E-state index contributed by atoms with van der Waals surface area (Å²) in [7, 11) is 1.58. The van der Waals surface area contributed by atoms with Crippen molar-refractivity contribution in [1.29, 1.82) is 0 Å². The van der Waals surface area contributed by atoms with Gasteiger partial charge < -0.3 is 20.6 Å². The lowest BCUT2D eigenvalue weighted by atomic mass is 10.2. The molecule has 20 heavy (non-hydrogen) atoms. The molecular weight excluding hydrogens is 373 g/mol. The van der Waals surface area contributed by atoms with Gasteiger partial charge in [0.1, 0.15) is 5.84 Å². The van der Waals surface area contributed by atoms with Crippen molar-refractivity contribution in [3.05, 3.63) is 33.4 Å². The smallest absolute Gasteiger partial charge is 0.253 e. The summed E-state index contributed by atoms with van der Waals surface area (Å²) < 4.78 is 6.01. The fourth-order valence-electron chi connectivity index (χ4n) is 1.62. The number of amides is 1. The first-order chi connectivity index (χ1) is 9.58. The summed E-state index contributed by atoms with van der Waals surface area (Å²) in [6.45, 7) is 1.27. The van der Waals surface area contributed by atoms with Gasteiger partial charge >= 0.3 is 0 Å². The van der Waals surface area contributed by atoms with E-state index in [0.29, 0.717) is 31.7 Å². The van der Waals surface area contributed by atoms with Crippen LogP contribution < -0.4 is 5.73 Å². The third-order valence-corrected chi connectivity index (χ3v) is 3.36. The Hall–Kier alpha value is -1.35. The molecule has 0 aliphatic carbocycles. The number of halogens is 1. The zero-order chi connectivity index (χ0) is 15.0. The maximum absolute atomic E-state index is 12.4. The van der Waals surface area contributed by atoms with Gasteiger partial charge in [0.25, 0.3) is 5.91 Å². The molecule has 0 fully saturated rings. The molecule has 0 spiro atoms. The van der Waals surface area contributed by atoms with Crippen LogP contribution in [0.3, 0.4) is 0 Å². The minimum Gasteiger partial charge on any atom is -0.409 e. The van der Waals surface area contributed by atoms with Crippen LogP contribution in [-0.2, 0) is 4.74 Å². The van der Waals surface area contributed by atoms with Gasteiger partial charge in [0, 0.05) is 35.8 Å². The van der Waals surface area contributed by atoms with Crippen LogP contribution in [0.15, 0.2) is 29.4 Å². The Kier molecular flexibility index (Phi) is 7.31. The van der Waals surface area contributed by atoms with E-state index in [1.165, 1.54) is 0 Å². The van der Waals surface area contributed by atoms with E-state index in [9.17, 15) is 4.79 Å². The highest BCUT2D eigenvalue weighted by Crippen LogP contribution is 2.11. The van der Waals surface area contributed by atoms with E-state index in [0.717, 1.165) is 3.57 Å². The van der Waals surface area contributed by atoms with Gasteiger partial charge in [-0.25, -0.2) is 0 Å². The van der Waals surface area contributed by atoms with Crippen molar-refractivity contribution >= 4 is 34.3 Å². The van der Waals surface area contributed by atoms with E-state index in [1.54, 1.807) is 18.1 Å². The zero-order valence-corrected chi connectivity index (χ0v) is 13.4. The van der Waals surface area contributed by atoms with E-state index < -0.39 is 0 Å². The minimum atomic E-state index is -0.0914. The predicted octanol–water partition coefficient (Wildman–Crippen LogP) is 1.52. The van der Waals surface area contributed by atoms with Gasteiger partial charge in [0.15, 0.2) is 0 Å². The molecule has 0 atom stereocenters. The molecule has 0 bridgehead atoms. The first-order valence-corrected chi connectivity index (χ1v) is 7.16. The molecule has 0 saturated carbocycles. The van der Waals surface area contributed by atoms with Gasteiger partial charge in [0.2, 0.25) is 0 Å². The monoisotopic (exact) mass is 391 g/mol. The Morgan fingerprint density at radius 3 is 2.85 bits per heavy atom. The quantitative estimate of drug-likeness (QED) is 0.243. The lowest BCUT2D eigenvalue weighted by Gasteiger charge is -2.22. The lowest BCUT2D eigenvalue weighted by molar-refractivity contribution is 0.0700. The van der Waals surface area contributed by atoms with Crippen LogP contribution in [0.2, 0.25) is 0 Å². The molecular formula is C13H18IN3O3. The molecule has 1 aromatic rings. The maximum Gasteiger partial charge on any atom is 0.253 e. The number of nitrogens with two attached hydrogens (primary N) is 1. The van der Waals surface area contributed by atoms with Crippen molar-refractivity contribution < 1.29 is 14.7 Å². The molecule has 0 aliphatic heterocycles. The van der Waals surface area contributed by atoms with Gasteiger partial charge in [-0.05, 0) is 40.8 Å². The summed E-state index contributed by atoms with van der Waals surface area (Å²) in [5, 5.41) is 11.5. The number of nitrogens with zero attached hydrogens (tertiary/aromatic N) is 2. The van der Waals surface area contributed by atoms with Gasteiger partial charge in [-0.2, -0.15) is 0 Å². The topological polar surface area (TPSA) is 88.2 Å². The number of carbonyl (C=O) groups excluding carboxylic acids is 1. The van der Waals surface area contributed by atoms with Crippen LogP contribution in [0.4, 0.5) is 0 Å². The summed E-state index contributed by atoms with van der Waals surface area (Å²) in [5.74, 6) is 0.00849. The van der Waals surface area contributed by atoms with E-state index in [1.807, 2.05) is 18.2 Å². The number of methoxy groups -OCH3 is 1. The molecule has 0 aromatic heterocycles. The minimum absolute atomic E-state index is 0.0914. The molecule has 7 heteroatoms. The maximum atomic E-state index is 12.4. The highest BCUT2D eigenvalue weighted by molar-refractivity contribution is 14.1. The SMILES string of the molecule is COCCN(CCC(N)=NO)C(=O)c1cccc(I)c1. The van der Waals surface area contributed by atoms with Crippen molar-refractivity contribution in [2.45, 2.75) is 6.42 Å². The first-order valence-electron chi connectivity index (χ1n) is 6.08. The highest BCUT2D eigenvalue weighted by atomic mass is 127. The fourth-order valence-corrected chi connectivity index (χ4v) is 2.16.